The second kappa shape index (κ2) is 9.43. The van der Waals surface area contributed by atoms with Crippen molar-refractivity contribution in [2.45, 2.75) is 51.7 Å². The van der Waals surface area contributed by atoms with Gasteiger partial charge in [0.2, 0.25) is 5.91 Å². The molecule has 1 N–H and O–H groups in total. The highest BCUT2D eigenvalue weighted by Crippen LogP contribution is 2.37. The fraction of sp³-hybridized carbons (Fsp3) is 0.520. The number of fused-ring (bicyclic) bond motifs is 1. The van der Waals surface area contributed by atoms with Gasteiger partial charge in [-0.3, -0.25) is 9.69 Å². The van der Waals surface area contributed by atoms with E-state index in [9.17, 15) is 14.0 Å². The first kappa shape index (κ1) is 23.7. The number of hydrogen-bond donors (Lipinski definition) is 1. The van der Waals surface area contributed by atoms with Crippen LogP contribution in [0.15, 0.2) is 35.7 Å². The van der Waals surface area contributed by atoms with Crippen LogP contribution in [0.25, 0.3) is 0 Å². The number of carbonyl (C=O) groups excluding carboxylic acids is 2. The Balaban J connectivity index is 1.45. The van der Waals surface area contributed by atoms with E-state index in [4.69, 9.17) is 0 Å². The third-order valence-electron chi connectivity index (χ3n) is 6.29. The van der Waals surface area contributed by atoms with Gasteiger partial charge in [0.1, 0.15) is 5.82 Å². The maximum atomic E-state index is 14.0. The molecule has 2 aliphatic rings. The molecule has 0 aliphatic carbocycles. The lowest BCUT2D eigenvalue weighted by Crippen LogP contribution is -2.60. The van der Waals surface area contributed by atoms with Crippen molar-refractivity contribution in [3.63, 3.8) is 0 Å². The molecule has 1 saturated heterocycles. The van der Waals surface area contributed by atoms with Crippen molar-refractivity contribution < 1.29 is 14.0 Å². The number of urea groups is 1. The van der Waals surface area contributed by atoms with Crippen LogP contribution in [0.1, 0.15) is 49.7 Å². The Labute approximate surface area is 199 Å². The Morgan fingerprint density at radius 1 is 1.18 bits per heavy atom. The lowest BCUT2D eigenvalue weighted by atomic mass is 9.93. The second-order valence-corrected chi connectivity index (χ2v) is 11.0. The van der Waals surface area contributed by atoms with E-state index in [1.165, 1.54) is 16.5 Å². The van der Waals surface area contributed by atoms with E-state index in [0.717, 1.165) is 18.5 Å². The van der Waals surface area contributed by atoms with Crippen LogP contribution < -0.4 is 5.32 Å². The number of rotatable bonds is 3. The largest absolute Gasteiger partial charge is 0.338 e. The molecule has 0 spiro atoms. The van der Waals surface area contributed by atoms with E-state index < -0.39 is 0 Å². The van der Waals surface area contributed by atoms with Gasteiger partial charge in [-0.1, -0.05) is 12.1 Å². The van der Waals surface area contributed by atoms with Gasteiger partial charge in [-0.05, 0) is 68.8 Å². The summed E-state index contributed by atoms with van der Waals surface area (Å²) in [6.07, 6.45) is 0.892. The predicted molar refractivity (Wildman–Crippen MR) is 129 cm³/mol. The standard InChI is InChI=1S/C25H33FN4O2S/c1-17-15-28(11-12-30(17)24(32)27-25(2,3)4)22(31)16-29-10-8-21-20(9-13-33-21)23(29)18-6-5-7-19(26)14-18/h5-7,9,13-14,17,23H,8,10-12,15-16H2,1-4H3,(H,27,32)/t17-,23-/m0/s1. The van der Waals surface area contributed by atoms with Gasteiger partial charge >= 0.3 is 6.03 Å². The molecule has 0 unspecified atom stereocenters. The third-order valence-corrected chi connectivity index (χ3v) is 7.29. The number of amides is 3. The van der Waals surface area contributed by atoms with Crippen molar-refractivity contribution in [2.75, 3.05) is 32.7 Å². The predicted octanol–water partition coefficient (Wildman–Crippen LogP) is 3.88. The summed E-state index contributed by atoms with van der Waals surface area (Å²) < 4.78 is 14.0. The van der Waals surface area contributed by atoms with E-state index in [2.05, 4.69) is 21.7 Å². The first-order chi connectivity index (χ1) is 15.6. The van der Waals surface area contributed by atoms with Crippen LogP contribution in [0.2, 0.25) is 0 Å². The molecule has 1 fully saturated rings. The first-order valence-corrected chi connectivity index (χ1v) is 12.4. The molecule has 178 valence electrons. The van der Waals surface area contributed by atoms with Gasteiger partial charge in [0.15, 0.2) is 0 Å². The Kier molecular flexibility index (Phi) is 6.77. The smallest absolute Gasteiger partial charge is 0.318 e. The minimum absolute atomic E-state index is 0.0535. The third kappa shape index (κ3) is 5.38. The Hall–Kier alpha value is -2.45. The van der Waals surface area contributed by atoms with Crippen LogP contribution >= 0.6 is 11.3 Å². The normalized spacial score (nSPS) is 21.6. The molecule has 4 rings (SSSR count). The van der Waals surface area contributed by atoms with E-state index in [0.29, 0.717) is 19.6 Å². The van der Waals surface area contributed by atoms with Gasteiger partial charge in [0, 0.05) is 42.6 Å². The maximum absolute atomic E-state index is 14.0. The van der Waals surface area contributed by atoms with E-state index in [1.807, 2.05) is 43.6 Å². The molecule has 6 nitrogen and oxygen atoms in total. The number of nitrogens with zero attached hydrogens (tertiary/aromatic N) is 3. The molecule has 2 atom stereocenters. The van der Waals surface area contributed by atoms with Gasteiger partial charge in [-0.15, -0.1) is 11.3 Å². The quantitative estimate of drug-likeness (QED) is 0.738. The minimum Gasteiger partial charge on any atom is -0.338 e. The molecule has 0 radical (unpaired) electrons. The molecule has 3 heterocycles. The van der Waals surface area contributed by atoms with E-state index >= 15 is 0 Å². The summed E-state index contributed by atoms with van der Waals surface area (Å²) in [6.45, 7) is 10.4. The van der Waals surface area contributed by atoms with Crippen LogP contribution in [0.5, 0.6) is 0 Å². The molecule has 2 aromatic rings. The molecule has 1 aromatic carbocycles. The molecule has 0 bridgehead atoms. The van der Waals surface area contributed by atoms with Crippen molar-refractivity contribution in [3.05, 3.63) is 57.5 Å². The van der Waals surface area contributed by atoms with Gasteiger partial charge in [-0.2, -0.15) is 0 Å². The highest BCUT2D eigenvalue weighted by atomic mass is 32.1. The summed E-state index contributed by atoms with van der Waals surface area (Å²) in [7, 11) is 0. The number of nitrogens with one attached hydrogen (secondary N) is 1. The summed E-state index contributed by atoms with van der Waals surface area (Å²) in [6, 6.07) is 8.51. The molecular formula is C25H33FN4O2S. The number of halogens is 1. The van der Waals surface area contributed by atoms with Gasteiger partial charge in [-0.25, -0.2) is 9.18 Å². The van der Waals surface area contributed by atoms with Crippen LogP contribution in [-0.2, 0) is 11.2 Å². The molecule has 2 aliphatic heterocycles. The number of benzene rings is 1. The van der Waals surface area contributed by atoms with E-state index in [1.54, 1.807) is 23.5 Å². The Bertz CT molecular complexity index is 1020. The van der Waals surface area contributed by atoms with Gasteiger partial charge in [0.05, 0.1) is 12.6 Å². The molecule has 33 heavy (non-hydrogen) atoms. The van der Waals surface area contributed by atoms with Crippen molar-refractivity contribution in [2.24, 2.45) is 0 Å². The van der Waals surface area contributed by atoms with Crippen LogP contribution in [0.3, 0.4) is 0 Å². The van der Waals surface area contributed by atoms with Crippen molar-refractivity contribution in [1.82, 2.24) is 20.0 Å². The molecular weight excluding hydrogens is 439 g/mol. The van der Waals surface area contributed by atoms with Crippen LogP contribution in [0, 0.1) is 5.82 Å². The summed E-state index contributed by atoms with van der Waals surface area (Å²) in [5.74, 6) is -0.211. The number of thiophene rings is 1. The zero-order valence-corrected chi connectivity index (χ0v) is 20.6. The summed E-state index contributed by atoms with van der Waals surface area (Å²) in [5, 5.41) is 5.09. The summed E-state index contributed by atoms with van der Waals surface area (Å²) in [4.78, 5) is 33.0. The maximum Gasteiger partial charge on any atom is 0.318 e. The van der Waals surface area contributed by atoms with Gasteiger partial charge < -0.3 is 15.1 Å². The zero-order valence-electron chi connectivity index (χ0n) is 19.8. The number of carbonyl (C=O) groups is 2. The Morgan fingerprint density at radius 3 is 2.67 bits per heavy atom. The minimum atomic E-state index is -0.301. The number of piperazine rings is 1. The summed E-state index contributed by atoms with van der Waals surface area (Å²) in [5.41, 5.74) is 1.74. The molecule has 8 heteroatoms. The number of hydrogen-bond acceptors (Lipinski definition) is 4. The average Bonchev–Trinajstić information content (AvgIpc) is 3.20. The molecule has 3 amide bonds. The first-order valence-electron chi connectivity index (χ1n) is 11.5. The summed E-state index contributed by atoms with van der Waals surface area (Å²) >= 11 is 1.72. The Morgan fingerprint density at radius 2 is 1.97 bits per heavy atom. The highest BCUT2D eigenvalue weighted by Gasteiger charge is 2.35. The van der Waals surface area contributed by atoms with E-state index in [-0.39, 0.29) is 41.9 Å². The second-order valence-electron chi connectivity index (χ2n) is 10.0. The fourth-order valence-electron chi connectivity index (χ4n) is 4.76. The van der Waals surface area contributed by atoms with Crippen molar-refractivity contribution >= 4 is 23.3 Å². The fourth-order valence-corrected chi connectivity index (χ4v) is 5.66. The van der Waals surface area contributed by atoms with Crippen molar-refractivity contribution in [1.29, 1.82) is 0 Å². The van der Waals surface area contributed by atoms with Crippen LogP contribution in [-0.4, -0.2) is 70.9 Å². The van der Waals surface area contributed by atoms with Gasteiger partial charge in [0.25, 0.3) is 0 Å². The monoisotopic (exact) mass is 472 g/mol. The van der Waals surface area contributed by atoms with Crippen molar-refractivity contribution in [3.8, 4) is 0 Å². The topological polar surface area (TPSA) is 55.9 Å². The lowest BCUT2D eigenvalue weighted by Gasteiger charge is -2.42. The SMILES string of the molecule is C[C@H]1CN(C(=O)CN2CCc3sccc3[C@@H]2c2cccc(F)c2)CCN1C(=O)NC(C)(C)C. The zero-order chi connectivity index (χ0) is 23.8. The van der Waals surface area contributed by atoms with Crippen LogP contribution in [0.4, 0.5) is 9.18 Å². The molecule has 0 saturated carbocycles. The highest BCUT2D eigenvalue weighted by molar-refractivity contribution is 7.10. The lowest BCUT2D eigenvalue weighted by molar-refractivity contribution is -0.135. The molecule has 1 aromatic heterocycles. The average molecular weight is 473 g/mol.